The maximum Gasteiger partial charge on any atom is 0.0699 e. The van der Waals surface area contributed by atoms with Crippen molar-refractivity contribution in [3.8, 4) is 0 Å². The minimum Gasteiger partial charge on any atom is -0.396 e. The van der Waals surface area contributed by atoms with E-state index in [0.717, 1.165) is 19.0 Å². The van der Waals surface area contributed by atoms with Crippen LogP contribution in [0, 0.1) is 0 Å². The van der Waals surface area contributed by atoms with Crippen LogP contribution >= 0.6 is 25.6 Å². The molecule has 2 N–H and O–H groups in total. The third-order valence-corrected chi connectivity index (χ3v) is 2.62. The Balaban J connectivity index is 0. The van der Waals surface area contributed by atoms with Gasteiger partial charge in [-0.3, -0.25) is 0 Å². The molecule has 0 amide bonds. The van der Waals surface area contributed by atoms with E-state index in [2.05, 4.69) is 0 Å². The highest BCUT2D eigenvalue weighted by molar-refractivity contribution is 8.93. The first-order valence-corrected chi connectivity index (χ1v) is 4.62. The fraction of sp³-hybridized carbons (Fsp3) is 1.00. The Labute approximate surface area is 74.6 Å². The summed E-state index contributed by atoms with van der Waals surface area (Å²) in [5.74, 6) is -0.128. The molecule has 0 saturated carbocycles. The maximum absolute atomic E-state index is 9.02. The fourth-order valence-corrected chi connectivity index (χ4v) is 1.48. The summed E-state index contributed by atoms with van der Waals surface area (Å²) in [5.41, 5.74) is 0. The van der Waals surface area contributed by atoms with Crippen molar-refractivity contribution in [3.05, 3.63) is 0 Å². The van der Waals surface area contributed by atoms with E-state index in [4.69, 9.17) is 10.2 Å². The van der Waals surface area contributed by atoms with Gasteiger partial charge in [-0.1, -0.05) is 15.5 Å². The molecule has 2 atom stereocenters. The van der Waals surface area contributed by atoms with Crippen LogP contribution in [0.5, 0.6) is 0 Å². The zero-order chi connectivity index (χ0) is 7.11. The first-order chi connectivity index (χ1) is 4.31. The zero-order valence-electron chi connectivity index (χ0n) is 6.21. The van der Waals surface area contributed by atoms with Crippen LogP contribution in [0.2, 0.25) is 0 Å². The first kappa shape index (κ1) is 13.4. The van der Waals surface area contributed by atoms with Gasteiger partial charge in [0.25, 0.3) is 0 Å². The third kappa shape index (κ3) is 8.83. The second-order valence-corrected chi connectivity index (χ2v) is 3.53. The van der Waals surface area contributed by atoms with Crippen molar-refractivity contribution in [2.45, 2.75) is 25.6 Å². The van der Waals surface area contributed by atoms with E-state index >= 15 is 0 Å². The van der Waals surface area contributed by atoms with E-state index < -0.39 is 0 Å². The molecule has 0 aromatic rings. The molecule has 2 nitrogen and oxygen atoms in total. The summed E-state index contributed by atoms with van der Waals surface area (Å²) in [5, 5.41) is 17.4. The Bertz CT molecular complexity index is 63.7. The Morgan fingerprint density at radius 3 is 2.50 bits per heavy atom. The summed E-state index contributed by atoms with van der Waals surface area (Å²) in [6, 6.07) is 0. The van der Waals surface area contributed by atoms with Crippen molar-refractivity contribution in [1.82, 2.24) is 0 Å². The second kappa shape index (κ2) is 9.83. The molecule has 0 aliphatic heterocycles. The van der Waals surface area contributed by atoms with Crippen LogP contribution in [0.25, 0.3) is 0 Å². The molecule has 0 rings (SSSR count). The Morgan fingerprint density at radius 1 is 1.50 bits per heavy atom. The van der Waals surface area contributed by atoms with Gasteiger partial charge in [0.05, 0.1) is 5.85 Å². The number of aliphatic hydroxyl groups excluding tert-OH is 2. The van der Waals surface area contributed by atoms with E-state index in [1.54, 1.807) is 0 Å². The lowest BCUT2D eigenvalue weighted by Crippen LogP contribution is -1.97. The van der Waals surface area contributed by atoms with Gasteiger partial charge in [0.15, 0.2) is 0 Å². The Hall–Kier alpha value is 0.830. The molecular weight excluding hydrogens is 215 g/mol. The van der Waals surface area contributed by atoms with Crippen LogP contribution in [0.15, 0.2) is 0 Å². The highest BCUT2D eigenvalue weighted by Crippen LogP contribution is 2.19. The quantitative estimate of drug-likeness (QED) is 0.553. The molecule has 0 aromatic heterocycles. The third-order valence-electron chi connectivity index (χ3n) is 1.10. The number of halogens is 1. The Kier molecular flexibility index (Phi) is 13.2. The summed E-state index contributed by atoms with van der Waals surface area (Å²) in [6.45, 7) is 2.22. The number of aliphatic hydroxyl groups is 2. The maximum atomic E-state index is 9.02. The monoisotopic (exact) mass is 230 g/mol. The van der Waals surface area contributed by atoms with E-state index in [1.807, 2.05) is 6.92 Å². The van der Waals surface area contributed by atoms with Crippen LogP contribution < -0.4 is 0 Å². The summed E-state index contributed by atoms with van der Waals surface area (Å²) in [4.78, 5) is 0. The normalized spacial score (nSPS) is 13.5. The minimum atomic E-state index is -0.128. The average molecular weight is 231 g/mol. The highest BCUT2D eigenvalue weighted by atomic mass is 79.9. The van der Waals surface area contributed by atoms with Gasteiger partial charge >= 0.3 is 0 Å². The zero-order valence-corrected chi connectivity index (χ0v) is 8.92. The van der Waals surface area contributed by atoms with Gasteiger partial charge in [0.1, 0.15) is 0 Å². The van der Waals surface area contributed by atoms with Gasteiger partial charge in [0, 0.05) is 6.61 Å². The molecule has 0 saturated heterocycles. The van der Waals surface area contributed by atoms with Crippen LogP contribution in [-0.2, 0) is 0 Å². The molecule has 0 aliphatic rings. The molecule has 0 radical (unpaired) electrons. The van der Waals surface area contributed by atoms with Gasteiger partial charge in [-0.05, 0) is 19.0 Å². The molecule has 0 fully saturated rings. The van der Waals surface area contributed by atoms with Crippen molar-refractivity contribution in [2.24, 2.45) is 0 Å². The smallest absolute Gasteiger partial charge is 0.0699 e. The highest BCUT2D eigenvalue weighted by Gasteiger charge is 1.97. The van der Waals surface area contributed by atoms with Gasteiger partial charge in [-0.15, -0.1) is 17.0 Å². The average Bonchev–Trinajstić information content (AvgIpc) is 1.89. The lowest BCUT2D eigenvalue weighted by molar-refractivity contribution is 0.255. The minimum absolute atomic E-state index is 0. The van der Waals surface area contributed by atoms with Crippen LogP contribution in [0.3, 0.4) is 0 Å². The predicted molar refractivity (Wildman–Crippen MR) is 51.5 cm³/mol. The van der Waals surface area contributed by atoms with Gasteiger partial charge in [0.2, 0.25) is 0 Å². The molecule has 0 bridgehead atoms. The van der Waals surface area contributed by atoms with Crippen molar-refractivity contribution < 1.29 is 10.2 Å². The van der Waals surface area contributed by atoms with E-state index in [-0.39, 0.29) is 29.4 Å². The van der Waals surface area contributed by atoms with Crippen molar-refractivity contribution in [1.29, 1.82) is 0 Å². The number of rotatable bonds is 5. The Morgan fingerprint density at radius 2 is 2.10 bits per heavy atom. The predicted octanol–water partition coefficient (Wildman–Crippen LogP) is 1.35. The molecule has 0 spiro atoms. The SMILES string of the molecule is Br.CCC(O)PCCCO. The molecule has 64 valence electrons. The standard InChI is InChI=1S/C6H15O2P.BrH/c1-2-6(8)9-5-3-4-7;/h6-9H,2-5H2,1H3;1H. The molecule has 2 unspecified atom stereocenters. The molecule has 0 aliphatic carbocycles. The van der Waals surface area contributed by atoms with Crippen LogP contribution in [-0.4, -0.2) is 28.8 Å². The number of hydrogen-bond acceptors (Lipinski definition) is 2. The molecular formula is C6H16BrO2P. The second-order valence-electron chi connectivity index (χ2n) is 1.96. The molecule has 0 aromatic carbocycles. The summed E-state index contributed by atoms with van der Waals surface area (Å²) < 4.78 is 0. The van der Waals surface area contributed by atoms with E-state index in [9.17, 15) is 0 Å². The molecule has 4 heteroatoms. The summed E-state index contributed by atoms with van der Waals surface area (Å²) >= 11 is 0. The number of hydrogen-bond donors (Lipinski definition) is 2. The van der Waals surface area contributed by atoms with E-state index in [0.29, 0.717) is 8.58 Å². The fourth-order valence-electron chi connectivity index (χ4n) is 0.492. The summed E-state index contributed by atoms with van der Waals surface area (Å²) in [7, 11) is 0.608. The van der Waals surface area contributed by atoms with Crippen molar-refractivity contribution in [2.75, 3.05) is 12.8 Å². The van der Waals surface area contributed by atoms with Gasteiger partial charge in [-0.2, -0.15) is 0 Å². The first-order valence-electron chi connectivity index (χ1n) is 3.33. The van der Waals surface area contributed by atoms with Crippen LogP contribution in [0.1, 0.15) is 19.8 Å². The summed E-state index contributed by atoms with van der Waals surface area (Å²) in [6.07, 6.45) is 2.63. The lowest BCUT2D eigenvalue weighted by Gasteiger charge is -2.05. The van der Waals surface area contributed by atoms with Gasteiger partial charge < -0.3 is 10.2 Å². The topological polar surface area (TPSA) is 40.5 Å². The van der Waals surface area contributed by atoms with E-state index in [1.165, 1.54) is 0 Å². The van der Waals surface area contributed by atoms with Gasteiger partial charge in [-0.25, -0.2) is 0 Å². The largest absolute Gasteiger partial charge is 0.396 e. The molecule has 0 heterocycles. The van der Waals surface area contributed by atoms with Crippen LogP contribution in [0.4, 0.5) is 0 Å². The van der Waals surface area contributed by atoms with Crippen molar-refractivity contribution >= 4 is 25.6 Å². The molecule has 10 heavy (non-hydrogen) atoms. The van der Waals surface area contributed by atoms with Crippen molar-refractivity contribution in [3.63, 3.8) is 0 Å². The lowest BCUT2D eigenvalue weighted by atomic mass is 10.5.